The summed E-state index contributed by atoms with van der Waals surface area (Å²) < 4.78 is 0. The van der Waals surface area contributed by atoms with Crippen molar-refractivity contribution < 1.29 is 0 Å². The van der Waals surface area contributed by atoms with E-state index < -0.39 is 0 Å². The molecule has 1 N–H and O–H groups in total. The first-order valence-corrected chi connectivity index (χ1v) is 8.05. The number of nitrogens with one attached hydrogen (secondary N) is 1. The molecule has 2 heteroatoms. The van der Waals surface area contributed by atoms with Crippen LogP contribution in [0.1, 0.15) is 50.3 Å². The molecular formula is C18H30N2. The van der Waals surface area contributed by atoms with Crippen molar-refractivity contribution in [3.05, 3.63) is 34.9 Å². The molecule has 112 valence electrons. The van der Waals surface area contributed by atoms with E-state index in [-0.39, 0.29) is 0 Å². The Morgan fingerprint density at radius 1 is 1.20 bits per heavy atom. The van der Waals surface area contributed by atoms with Gasteiger partial charge in [-0.1, -0.05) is 32.0 Å². The van der Waals surface area contributed by atoms with Gasteiger partial charge in [0.25, 0.3) is 0 Å². The van der Waals surface area contributed by atoms with Crippen molar-refractivity contribution >= 4 is 0 Å². The van der Waals surface area contributed by atoms with Crippen LogP contribution in [0.25, 0.3) is 0 Å². The Hall–Kier alpha value is -0.860. The molecule has 2 rings (SSSR count). The maximum absolute atomic E-state index is 3.67. The van der Waals surface area contributed by atoms with Gasteiger partial charge in [0.2, 0.25) is 0 Å². The number of aryl methyl sites for hydroxylation is 2. The summed E-state index contributed by atoms with van der Waals surface area (Å²) in [6.07, 6.45) is 2.43. The average Bonchev–Trinajstić information content (AvgIpc) is 2.44. The highest BCUT2D eigenvalue weighted by Gasteiger charge is 2.37. The highest BCUT2D eigenvalue weighted by molar-refractivity contribution is 5.30. The second kappa shape index (κ2) is 6.28. The Kier molecular flexibility index (Phi) is 4.87. The van der Waals surface area contributed by atoms with Crippen molar-refractivity contribution in [1.82, 2.24) is 10.2 Å². The van der Waals surface area contributed by atoms with Crippen LogP contribution in [0.5, 0.6) is 0 Å². The Morgan fingerprint density at radius 3 is 2.50 bits per heavy atom. The van der Waals surface area contributed by atoms with E-state index in [2.05, 4.69) is 63.0 Å². The van der Waals surface area contributed by atoms with E-state index in [1.54, 1.807) is 0 Å². The second-order valence-electron chi connectivity index (χ2n) is 6.51. The topological polar surface area (TPSA) is 15.3 Å². The Morgan fingerprint density at radius 2 is 1.90 bits per heavy atom. The van der Waals surface area contributed by atoms with Crippen molar-refractivity contribution in [3.8, 4) is 0 Å². The summed E-state index contributed by atoms with van der Waals surface area (Å²) in [7, 11) is 0. The number of nitrogens with zero attached hydrogens (tertiary/aromatic N) is 1. The molecule has 1 aliphatic heterocycles. The highest BCUT2D eigenvalue weighted by atomic mass is 15.3. The summed E-state index contributed by atoms with van der Waals surface area (Å²) in [6, 6.07) is 7.51. The number of benzene rings is 1. The van der Waals surface area contributed by atoms with Crippen molar-refractivity contribution in [2.45, 2.75) is 65.6 Å². The second-order valence-corrected chi connectivity index (χ2v) is 6.51. The normalized spacial score (nSPS) is 22.9. The molecule has 20 heavy (non-hydrogen) atoms. The number of piperazine rings is 1. The fourth-order valence-electron chi connectivity index (χ4n) is 3.37. The zero-order chi connectivity index (χ0) is 14.8. The molecule has 1 heterocycles. The number of rotatable bonds is 4. The third-order valence-corrected chi connectivity index (χ3v) is 5.21. The van der Waals surface area contributed by atoms with Gasteiger partial charge in [0.05, 0.1) is 0 Å². The Balaban J connectivity index is 2.20. The molecule has 1 aromatic carbocycles. The molecule has 0 amide bonds. The minimum atomic E-state index is 0.325. The molecule has 0 saturated carbocycles. The Bertz CT molecular complexity index is 449. The summed E-state index contributed by atoms with van der Waals surface area (Å²) in [5.74, 6) is 0. The maximum Gasteiger partial charge on any atom is 0.0333 e. The fraction of sp³-hybridized carbons (Fsp3) is 0.667. The molecule has 1 aliphatic rings. The van der Waals surface area contributed by atoms with E-state index in [0.29, 0.717) is 11.6 Å². The molecule has 1 unspecified atom stereocenters. The van der Waals surface area contributed by atoms with E-state index in [1.165, 1.54) is 29.5 Å². The van der Waals surface area contributed by atoms with Gasteiger partial charge in [0.1, 0.15) is 0 Å². The van der Waals surface area contributed by atoms with E-state index >= 15 is 0 Å². The third kappa shape index (κ3) is 3.07. The predicted molar refractivity (Wildman–Crippen MR) is 87.1 cm³/mol. The van der Waals surface area contributed by atoms with Gasteiger partial charge in [-0.2, -0.15) is 0 Å². The number of hydrogen-bond acceptors (Lipinski definition) is 2. The first-order valence-electron chi connectivity index (χ1n) is 8.05. The lowest BCUT2D eigenvalue weighted by Crippen LogP contribution is -2.63. The summed E-state index contributed by atoms with van der Waals surface area (Å²) in [6.45, 7) is 14.7. The van der Waals surface area contributed by atoms with Gasteiger partial charge in [0, 0.05) is 31.2 Å². The monoisotopic (exact) mass is 274 g/mol. The van der Waals surface area contributed by atoms with Gasteiger partial charge in [-0.3, -0.25) is 4.90 Å². The lowest BCUT2D eigenvalue weighted by molar-refractivity contribution is 0.0278. The molecule has 2 nitrogen and oxygen atoms in total. The SMILES string of the molecule is CCC1(CC)CNC(C)CN1Cc1ccc(C)c(C)c1. The van der Waals surface area contributed by atoms with E-state index in [1.807, 2.05) is 0 Å². The van der Waals surface area contributed by atoms with Gasteiger partial charge >= 0.3 is 0 Å². The molecule has 0 radical (unpaired) electrons. The molecule has 0 spiro atoms. The summed E-state index contributed by atoms with van der Waals surface area (Å²) in [5, 5.41) is 3.67. The van der Waals surface area contributed by atoms with Crippen LogP contribution < -0.4 is 5.32 Å². The van der Waals surface area contributed by atoms with Crippen LogP contribution in [-0.2, 0) is 6.54 Å². The van der Waals surface area contributed by atoms with Gasteiger partial charge in [-0.05, 0) is 50.3 Å². The highest BCUT2D eigenvalue weighted by Crippen LogP contribution is 2.29. The van der Waals surface area contributed by atoms with Gasteiger partial charge in [-0.15, -0.1) is 0 Å². The van der Waals surface area contributed by atoms with E-state index in [0.717, 1.165) is 19.6 Å². The molecule has 0 bridgehead atoms. The summed E-state index contributed by atoms with van der Waals surface area (Å²) in [4.78, 5) is 2.71. The number of hydrogen-bond donors (Lipinski definition) is 1. The Labute approximate surface area is 124 Å². The van der Waals surface area contributed by atoms with Crippen LogP contribution >= 0.6 is 0 Å². The molecular weight excluding hydrogens is 244 g/mol. The molecule has 1 atom stereocenters. The summed E-state index contributed by atoms with van der Waals surface area (Å²) >= 11 is 0. The van der Waals surface area contributed by atoms with Crippen LogP contribution in [0.4, 0.5) is 0 Å². The van der Waals surface area contributed by atoms with Crippen LogP contribution in [0.15, 0.2) is 18.2 Å². The fourth-order valence-corrected chi connectivity index (χ4v) is 3.37. The van der Waals surface area contributed by atoms with Crippen molar-refractivity contribution in [2.75, 3.05) is 13.1 Å². The standard InChI is InChI=1S/C18H30N2/c1-6-18(7-2)13-19-16(5)11-20(18)12-17-9-8-14(3)15(4)10-17/h8-10,16,19H,6-7,11-13H2,1-5H3. The third-order valence-electron chi connectivity index (χ3n) is 5.21. The summed E-state index contributed by atoms with van der Waals surface area (Å²) in [5.41, 5.74) is 4.57. The predicted octanol–water partition coefficient (Wildman–Crippen LogP) is 3.66. The van der Waals surface area contributed by atoms with Gasteiger partial charge < -0.3 is 5.32 Å². The minimum Gasteiger partial charge on any atom is -0.311 e. The zero-order valence-electron chi connectivity index (χ0n) is 13.8. The zero-order valence-corrected chi connectivity index (χ0v) is 13.8. The molecule has 1 aromatic rings. The minimum absolute atomic E-state index is 0.325. The van der Waals surface area contributed by atoms with Gasteiger partial charge in [0.15, 0.2) is 0 Å². The van der Waals surface area contributed by atoms with Crippen LogP contribution in [0, 0.1) is 13.8 Å². The van der Waals surface area contributed by atoms with E-state index in [4.69, 9.17) is 0 Å². The smallest absolute Gasteiger partial charge is 0.0333 e. The van der Waals surface area contributed by atoms with Crippen LogP contribution in [0.3, 0.4) is 0 Å². The quantitative estimate of drug-likeness (QED) is 0.901. The van der Waals surface area contributed by atoms with Crippen molar-refractivity contribution in [2.24, 2.45) is 0 Å². The molecule has 1 saturated heterocycles. The van der Waals surface area contributed by atoms with Crippen molar-refractivity contribution in [3.63, 3.8) is 0 Å². The first kappa shape index (κ1) is 15.5. The van der Waals surface area contributed by atoms with Gasteiger partial charge in [-0.25, -0.2) is 0 Å². The largest absolute Gasteiger partial charge is 0.311 e. The van der Waals surface area contributed by atoms with E-state index in [9.17, 15) is 0 Å². The maximum atomic E-state index is 3.67. The lowest BCUT2D eigenvalue weighted by atomic mass is 9.87. The molecule has 0 aliphatic carbocycles. The molecule has 1 fully saturated rings. The lowest BCUT2D eigenvalue weighted by Gasteiger charge is -2.49. The average molecular weight is 274 g/mol. The van der Waals surface area contributed by atoms with Crippen LogP contribution in [-0.4, -0.2) is 29.6 Å². The molecule has 0 aromatic heterocycles. The van der Waals surface area contributed by atoms with Crippen molar-refractivity contribution in [1.29, 1.82) is 0 Å². The van der Waals surface area contributed by atoms with Crippen LogP contribution in [0.2, 0.25) is 0 Å². The first-order chi connectivity index (χ1) is 9.50.